The third-order valence-corrected chi connectivity index (χ3v) is 3.65. The molecule has 98 valence electrons. The number of hydrogen-bond donors (Lipinski definition) is 2. The topological polar surface area (TPSA) is 44.4 Å². The van der Waals surface area contributed by atoms with Gasteiger partial charge in [-0.1, -0.05) is 12.1 Å². The van der Waals surface area contributed by atoms with E-state index in [1.54, 1.807) is 4.90 Å². The Kier molecular flexibility index (Phi) is 3.78. The molecule has 2 aliphatic heterocycles. The minimum atomic E-state index is -0.0490. The van der Waals surface area contributed by atoms with Crippen LogP contribution in [0.5, 0.6) is 0 Å². The van der Waals surface area contributed by atoms with Gasteiger partial charge in [-0.25, -0.2) is 0 Å². The number of carbonyl (C=O) groups excluding carboxylic acids is 1. The van der Waals surface area contributed by atoms with Crippen LogP contribution in [0.25, 0.3) is 0 Å². The highest BCUT2D eigenvalue weighted by molar-refractivity contribution is 5.86. The lowest BCUT2D eigenvalue weighted by atomic mass is 10.1. The molecule has 1 aromatic rings. The number of likely N-dealkylation sites (N-methyl/N-ethyl adjacent to an activating group) is 1. The van der Waals surface area contributed by atoms with Crippen molar-refractivity contribution >= 4 is 24.0 Å². The number of likely N-dealkylation sites (tertiary alicyclic amines) is 1. The summed E-state index contributed by atoms with van der Waals surface area (Å²) in [7, 11) is 1.86. The van der Waals surface area contributed by atoms with E-state index in [0.717, 1.165) is 31.7 Å². The lowest BCUT2D eigenvalue weighted by molar-refractivity contribution is -0.127. The van der Waals surface area contributed by atoms with Gasteiger partial charge in [0.15, 0.2) is 0 Å². The molecule has 0 saturated carbocycles. The number of amides is 1. The fourth-order valence-electron chi connectivity index (χ4n) is 2.61. The van der Waals surface area contributed by atoms with E-state index >= 15 is 0 Å². The molecule has 4 nitrogen and oxygen atoms in total. The summed E-state index contributed by atoms with van der Waals surface area (Å²) in [6.07, 6.45) is 0.895. The van der Waals surface area contributed by atoms with Crippen LogP contribution in [-0.4, -0.2) is 30.4 Å². The number of benzene rings is 1. The van der Waals surface area contributed by atoms with Crippen molar-refractivity contribution < 1.29 is 4.79 Å². The molecule has 0 radical (unpaired) electrons. The van der Waals surface area contributed by atoms with Crippen molar-refractivity contribution in [1.82, 2.24) is 10.2 Å². The monoisotopic (exact) mass is 267 g/mol. The van der Waals surface area contributed by atoms with Crippen LogP contribution in [0.15, 0.2) is 18.2 Å². The maximum Gasteiger partial charge on any atom is 0.244 e. The molecule has 3 rings (SSSR count). The van der Waals surface area contributed by atoms with E-state index in [4.69, 9.17) is 0 Å². The summed E-state index contributed by atoms with van der Waals surface area (Å²) in [6, 6.07) is 6.21. The molecule has 1 atom stereocenters. The zero-order valence-corrected chi connectivity index (χ0v) is 11.2. The highest BCUT2D eigenvalue weighted by Crippen LogP contribution is 2.26. The standard InChI is InChI=1S/C13H17N3O.ClH/c1-16-6-5-12(13(16)17)15-11-4-2-3-9-7-14-8-10(9)11;/h2-4,12,14-15H,5-8H2,1H3;1H/t12-;/m0./s1. The van der Waals surface area contributed by atoms with E-state index < -0.39 is 0 Å². The molecule has 0 unspecified atom stereocenters. The summed E-state index contributed by atoms with van der Waals surface area (Å²) < 4.78 is 0. The Hall–Kier alpha value is -1.26. The Bertz CT molecular complexity index is 464. The second kappa shape index (κ2) is 5.16. The van der Waals surface area contributed by atoms with Gasteiger partial charge in [0.2, 0.25) is 5.91 Å². The van der Waals surface area contributed by atoms with Crippen LogP contribution in [0.1, 0.15) is 17.5 Å². The van der Waals surface area contributed by atoms with Crippen molar-refractivity contribution in [3.63, 3.8) is 0 Å². The molecule has 1 saturated heterocycles. The summed E-state index contributed by atoms with van der Waals surface area (Å²) >= 11 is 0. The number of nitrogens with one attached hydrogen (secondary N) is 2. The van der Waals surface area contributed by atoms with Gasteiger partial charge in [0, 0.05) is 32.4 Å². The lowest BCUT2D eigenvalue weighted by Crippen LogP contribution is -2.31. The first kappa shape index (κ1) is 13.2. The fraction of sp³-hybridized carbons (Fsp3) is 0.462. The molecule has 5 heteroatoms. The van der Waals surface area contributed by atoms with Crippen molar-refractivity contribution in [2.45, 2.75) is 25.6 Å². The third-order valence-electron chi connectivity index (χ3n) is 3.65. The van der Waals surface area contributed by atoms with E-state index in [1.165, 1.54) is 11.1 Å². The van der Waals surface area contributed by atoms with Crippen LogP contribution in [0, 0.1) is 0 Å². The van der Waals surface area contributed by atoms with E-state index in [9.17, 15) is 4.79 Å². The van der Waals surface area contributed by atoms with Gasteiger partial charge in [0.25, 0.3) is 0 Å². The van der Waals surface area contributed by atoms with Gasteiger partial charge in [0.1, 0.15) is 6.04 Å². The van der Waals surface area contributed by atoms with Gasteiger partial charge < -0.3 is 15.5 Å². The number of nitrogens with zero attached hydrogens (tertiary/aromatic N) is 1. The Morgan fingerprint density at radius 3 is 2.94 bits per heavy atom. The van der Waals surface area contributed by atoms with Gasteiger partial charge in [-0.15, -0.1) is 12.4 Å². The first-order valence-electron chi connectivity index (χ1n) is 6.09. The Morgan fingerprint density at radius 1 is 1.39 bits per heavy atom. The second-order valence-electron chi connectivity index (χ2n) is 4.79. The number of hydrogen-bond acceptors (Lipinski definition) is 3. The minimum absolute atomic E-state index is 0. The first-order chi connectivity index (χ1) is 8.25. The molecular weight excluding hydrogens is 250 g/mol. The van der Waals surface area contributed by atoms with Gasteiger partial charge >= 0.3 is 0 Å². The maximum atomic E-state index is 11.9. The summed E-state index contributed by atoms with van der Waals surface area (Å²) in [4.78, 5) is 13.6. The molecule has 0 bridgehead atoms. The van der Waals surface area contributed by atoms with Gasteiger partial charge in [0.05, 0.1) is 0 Å². The second-order valence-corrected chi connectivity index (χ2v) is 4.79. The molecule has 0 aromatic heterocycles. The Labute approximate surface area is 113 Å². The third kappa shape index (κ3) is 2.18. The van der Waals surface area contributed by atoms with E-state index in [2.05, 4.69) is 28.8 Å². The summed E-state index contributed by atoms with van der Waals surface area (Å²) in [6.45, 7) is 2.68. The highest BCUT2D eigenvalue weighted by Gasteiger charge is 2.29. The minimum Gasteiger partial charge on any atom is -0.373 e. The Balaban J connectivity index is 0.00000120. The van der Waals surface area contributed by atoms with Crippen LogP contribution in [-0.2, 0) is 17.9 Å². The number of anilines is 1. The van der Waals surface area contributed by atoms with Crippen molar-refractivity contribution in [2.75, 3.05) is 18.9 Å². The van der Waals surface area contributed by atoms with E-state index in [1.807, 2.05) is 7.05 Å². The molecular formula is C13H18ClN3O. The lowest BCUT2D eigenvalue weighted by Gasteiger charge is -2.16. The normalized spacial score (nSPS) is 21.7. The van der Waals surface area contributed by atoms with Gasteiger partial charge in [-0.05, 0) is 23.6 Å². The molecule has 2 N–H and O–H groups in total. The number of fused-ring (bicyclic) bond motifs is 1. The average molecular weight is 268 g/mol. The first-order valence-corrected chi connectivity index (χ1v) is 6.09. The van der Waals surface area contributed by atoms with Crippen LogP contribution in [0.4, 0.5) is 5.69 Å². The summed E-state index contributed by atoms with van der Waals surface area (Å²) in [5.74, 6) is 0.202. The quantitative estimate of drug-likeness (QED) is 0.850. The number of rotatable bonds is 2. The maximum absolute atomic E-state index is 11.9. The SMILES string of the molecule is CN1CC[C@H](Nc2cccc3c2CNC3)C1=O.Cl. The summed E-state index contributed by atoms with van der Waals surface area (Å²) in [5.41, 5.74) is 3.77. The summed E-state index contributed by atoms with van der Waals surface area (Å²) in [5, 5.41) is 6.73. The van der Waals surface area contributed by atoms with Crippen LogP contribution in [0.3, 0.4) is 0 Å². The Morgan fingerprint density at radius 2 is 2.22 bits per heavy atom. The van der Waals surface area contributed by atoms with Crippen molar-refractivity contribution in [2.24, 2.45) is 0 Å². The molecule has 0 aliphatic carbocycles. The number of halogens is 1. The molecule has 2 aliphatic rings. The van der Waals surface area contributed by atoms with Crippen LogP contribution < -0.4 is 10.6 Å². The largest absolute Gasteiger partial charge is 0.373 e. The molecule has 0 spiro atoms. The smallest absolute Gasteiger partial charge is 0.244 e. The van der Waals surface area contributed by atoms with E-state index in [-0.39, 0.29) is 24.4 Å². The number of carbonyl (C=O) groups is 1. The predicted molar refractivity (Wildman–Crippen MR) is 73.9 cm³/mol. The van der Waals surface area contributed by atoms with Crippen LogP contribution in [0.2, 0.25) is 0 Å². The highest BCUT2D eigenvalue weighted by atomic mass is 35.5. The predicted octanol–water partition coefficient (Wildman–Crippen LogP) is 1.35. The fourth-order valence-corrected chi connectivity index (χ4v) is 2.61. The molecule has 2 heterocycles. The van der Waals surface area contributed by atoms with Gasteiger partial charge in [-0.2, -0.15) is 0 Å². The van der Waals surface area contributed by atoms with Gasteiger partial charge in [-0.3, -0.25) is 4.79 Å². The van der Waals surface area contributed by atoms with Crippen LogP contribution >= 0.6 is 12.4 Å². The zero-order valence-electron chi connectivity index (χ0n) is 10.4. The molecule has 18 heavy (non-hydrogen) atoms. The zero-order chi connectivity index (χ0) is 11.8. The average Bonchev–Trinajstić information content (AvgIpc) is 2.91. The molecule has 1 fully saturated rings. The molecule has 1 aromatic carbocycles. The van der Waals surface area contributed by atoms with E-state index in [0.29, 0.717) is 0 Å². The van der Waals surface area contributed by atoms with Crippen molar-refractivity contribution in [1.29, 1.82) is 0 Å². The van der Waals surface area contributed by atoms with Crippen molar-refractivity contribution in [3.8, 4) is 0 Å². The molecule has 1 amide bonds. The van der Waals surface area contributed by atoms with Crippen molar-refractivity contribution in [3.05, 3.63) is 29.3 Å².